The van der Waals surface area contributed by atoms with Crippen LogP contribution in [-0.4, -0.2) is 9.49 Å². The Morgan fingerprint density at radius 3 is 1.73 bits per heavy atom. The Balaban J connectivity index is 4.13. The van der Waals surface area contributed by atoms with E-state index in [9.17, 15) is 0 Å². The van der Waals surface area contributed by atoms with Gasteiger partial charge < -0.3 is 0 Å². The first-order valence-electron chi connectivity index (χ1n) is 4.11. The lowest BCUT2D eigenvalue weighted by Gasteiger charge is -2.29. The molecular weight excluding hydrogens is 152 g/mol. The fourth-order valence-corrected chi connectivity index (χ4v) is 3.01. The van der Waals surface area contributed by atoms with E-state index in [1.807, 2.05) is 11.8 Å². The standard InChI is InChI=1S/C10H20S/c1-7-8-10(5,6)11-9(2,3)4/h7-8H,1-6H3. The Kier molecular flexibility index (Phi) is 3.69. The van der Waals surface area contributed by atoms with Crippen LogP contribution >= 0.6 is 11.8 Å². The fraction of sp³-hybridized carbons (Fsp3) is 0.800. The monoisotopic (exact) mass is 172 g/mol. The molecule has 0 fully saturated rings. The van der Waals surface area contributed by atoms with Gasteiger partial charge in [-0.25, -0.2) is 0 Å². The van der Waals surface area contributed by atoms with Crippen LogP contribution in [-0.2, 0) is 0 Å². The minimum atomic E-state index is 0.271. The number of allylic oxidation sites excluding steroid dienone is 1. The molecule has 0 atom stereocenters. The molecule has 0 aromatic rings. The van der Waals surface area contributed by atoms with Gasteiger partial charge in [-0.2, -0.15) is 0 Å². The van der Waals surface area contributed by atoms with Crippen LogP contribution in [0.2, 0.25) is 0 Å². The zero-order valence-corrected chi connectivity index (χ0v) is 9.38. The van der Waals surface area contributed by atoms with Gasteiger partial charge in [0.25, 0.3) is 0 Å². The molecule has 0 aromatic carbocycles. The Hall–Kier alpha value is 0.0900. The molecule has 0 spiro atoms. The molecule has 0 aliphatic carbocycles. The molecule has 0 amide bonds. The van der Waals surface area contributed by atoms with Gasteiger partial charge in [0.15, 0.2) is 0 Å². The van der Waals surface area contributed by atoms with Crippen LogP contribution in [0.1, 0.15) is 41.5 Å². The summed E-state index contributed by atoms with van der Waals surface area (Å²) in [6, 6.07) is 0. The summed E-state index contributed by atoms with van der Waals surface area (Å²) in [5.74, 6) is 0. The average molecular weight is 172 g/mol. The van der Waals surface area contributed by atoms with Gasteiger partial charge in [0.05, 0.1) is 0 Å². The quantitative estimate of drug-likeness (QED) is 0.570. The zero-order valence-electron chi connectivity index (χ0n) is 8.56. The molecule has 11 heavy (non-hydrogen) atoms. The van der Waals surface area contributed by atoms with Gasteiger partial charge in [-0.3, -0.25) is 0 Å². The third-order valence-corrected chi connectivity index (χ3v) is 2.41. The van der Waals surface area contributed by atoms with Crippen LogP contribution < -0.4 is 0 Å². The third-order valence-electron chi connectivity index (χ3n) is 1.14. The molecule has 0 saturated carbocycles. The Morgan fingerprint density at radius 1 is 1.00 bits per heavy atom. The van der Waals surface area contributed by atoms with E-state index in [0.29, 0.717) is 4.75 Å². The Bertz CT molecular complexity index is 137. The van der Waals surface area contributed by atoms with Crippen LogP contribution in [0.3, 0.4) is 0 Å². The van der Waals surface area contributed by atoms with Crippen molar-refractivity contribution in [1.29, 1.82) is 0 Å². The first-order chi connectivity index (χ1) is 4.77. The summed E-state index contributed by atoms with van der Waals surface area (Å²) in [5.41, 5.74) is 0. The molecule has 0 aromatic heterocycles. The highest BCUT2D eigenvalue weighted by molar-refractivity contribution is 8.02. The maximum absolute atomic E-state index is 2.25. The lowest BCUT2D eigenvalue weighted by Crippen LogP contribution is -2.21. The summed E-state index contributed by atoms with van der Waals surface area (Å²) in [5, 5.41) is 0. The van der Waals surface area contributed by atoms with Crippen molar-refractivity contribution in [2.75, 3.05) is 0 Å². The molecule has 0 bridgehead atoms. The van der Waals surface area contributed by atoms with Crippen molar-refractivity contribution in [1.82, 2.24) is 0 Å². The van der Waals surface area contributed by atoms with Crippen molar-refractivity contribution in [2.45, 2.75) is 51.0 Å². The smallest absolute Gasteiger partial charge is 0.0287 e. The van der Waals surface area contributed by atoms with Gasteiger partial charge in [-0.05, 0) is 20.8 Å². The SMILES string of the molecule is CC=CC(C)(C)SC(C)(C)C. The lowest BCUT2D eigenvalue weighted by atomic mass is 10.2. The topological polar surface area (TPSA) is 0 Å². The van der Waals surface area contributed by atoms with Crippen LogP contribution in [0.5, 0.6) is 0 Å². The predicted octanol–water partition coefficient (Wildman–Crippen LogP) is 3.87. The van der Waals surface area contributed by atoms with Crippen molar-refractivity contribution in [2.24, 2.45) is 0 Å². The second kappa shape index (κ2) is 3.66. The van der Waals surface area contributed by atoms with E-state index in [0.717, 1.165) is 0 Å². The normalized spacial score (nSPS) is 14.4. The van der Waals surface area contributed by atoms with E-state index in [2.05, 4.69) is 53.7 Å². The third kappa shape index (κ3) is 6.49. The van der Waals surface area contributed by atoms with Crippen molar-refractivity contribution in [3.63, 3.8) is 0 Å². The first kappa shape index (κ1) is 11.1. The van der Waals surface area contributed by atoms with E-state index < -0.39 is 0 Å². The second-order valence-corrected chi connectivity index (χ2v) is 6.80. The maximum Gasteiger partial charge on any atom is 0.0287 e. The van der Waals surface area contributed by atoms with Gasteiger partial charge in [-0.15, -0.1) is 11.8 Å². The van der Waals surface area contributed by atoms with Gasteiger partial charge in [0.1, 0.15) is 0 Å². The molecule has 0 rings (SSSR count). The largest absolute Gasteiger partial charge is 0.146 e. The molecule has 0 N–H and O–H groups in total. The summed E-state index contributed by atoms with van der Waals surface area (Å²) in [6.07, 6.45) is 4.38. The van der Waals surface area contributed by atoms with E-state index in [-0.39, 0.29) is 4.75 Å². The molecule has 0 unspecified atom stereocenters. The van der Waals surface area contributed by atoms with Gasteiger partial charge in [0, 0.05) is 9.49 Å². The number of hydrogen-bond donors (Lipinski definition) is 0. The summed E-state index contributed by atoms with van der Waals surface area (Å²) in [6.45, 7) is 13.3. The van der Waals surface area contributed by atoms with Gasteiger partial charge in [0.2, 0.25) is 0 Å². The second-order valence-electron chi connectivity index (χ2n) is 4.32. The predicted molar refractivity (Wildman–Crippen MR) is 56.2 cm³/mol. The Morgan fingerprint density at radius 2 is 1.45 bits per heavy atom. The minimum Gasteiger partial charge on any atom is -0.146 e. The van der Waals surface area contributed by atoms with Gasteiger partial charge in [-0.1, -0.05) is 32.9 Å². The number of thioether (sulfide) groups is 1. The zero-order chi connectivity index (χ0) is 9.12. The Labute approximate surface area is 75.5 Å². The molecule has 0 radical (unpaired) electrons. The lowest BCUT2D eigenvalue weighted by molar-refractivity contribution is 0.772. The first-order valence-corrected chi connectivity index (χ1v) is 4.92. The molecule has 1 heteroatoms. The van der Waals surface area contributed by atoms with Crippen molar-refractivity contribution in [3.8, 4) is 0 Å². The van der Waals surface area contributed by atoms with Crippen molar-refractivity contribution >= 4 is 11.8 Å². The molecule has 0 aliphatic heterocycles. The number of hydrogen-bond acceptors (Lipinski definition) is 1. The molecule has 0 aliphatic rings. The highest BCUT2D eigenvalue weighted by Crippen LogP contribution is 2.36. The summed E-state index contributed by atoms with van der Waals surface area (Å²) >= 11 is 2.00. The molecule has 0 nitrogen and oxygen atoms in total. The van der Waals surface area contributed by atoms with E-state index in [1.54, 1.807) is 0 Å². The van der Waals surface area contributed by atoms with Crippen LogP contribution in [0.15, 0.2) is 12.2 Å². The maximum atomic E-state index is 2.25. The highest BCUT2D eigenvalue weighted by atomic mass is 32.2. The average Bonchev–Trinajstić information content (AvgIpc) is 1.55. The van der Waals surface area contributed by atoms with E-state index in [1.165, 1.54) is 0 Å². The highest BCUT2D eigenvalue weighted by Gasteiger charge is 2.22. The fourth-order valence-electron chi connectivity index (χ4n) is 1.22. The molecule has 0 heterocycles. The van der Waals surface area contributed by atoms with E-state index >= 15 is 0 Å². The summed E-state index contributed by atoms with van der Waals surface area (Å²) < 4.78 is 0.621. The van der Waals surface area contributed by atoms with Crippen molar-refractivity contribution in [3.05, 3.63) is 12.2 Å². The van der Waals surface area contributed by atoms with E-state index in [4.69, 9.17) is 0 Å². The van der Waals surface area contributed by atoms with Crippen LogP contribution in [0, 0.1) is 0 Å². The van der Waals surface area contributed by atoms with Crippen LogP contribution in [0.25, 0.3) is 0 Å². The summed E-state index contributed by atoms with van der Waals surface area (Å²) in [4.78, 5) is 0. The number of rotatable bonds is 2. The van der Waals surface area contributed by atoms with Gasteiger partial charge >= 0.3 is 0 Å². The molecule has 0 saturated heterocycles. The minimum absolute atomic E-state index is 0.271. The summed E-state index contributed by atoms with van der Waals surface area (Å²) in [7, 11) is 0. The van der Waals surface area contributed by atoms with Crippen molar-refractivity contribution < 1.29 is 0 Å². The molecule has 66 valence electrons. The molecular formula is C10H20S. The van der Waals surface area contributed by atoms with Crippen LogP contribution in [0.4, 0.5) is 0 Å².